The van der Waals surface area contributed by atoms with Crippen molar-refractivity contribution in [3.8, 4) is 5.75 Å². The fraction of sp³-hybridized carbons (Fsp3) is 0.533. The normalized spacial score (nSPS) is 28.9. The number of hydrogen-bond acceptors (Lipinski definition) is 3. The molecule has 1 atom stereocenters. The van der Waals surface area contributed by atoms with Gasteiger partial charge in [-0.25, -0.2) is 0 Å². The molecule has 2 aliphatic heterocycles. The van der Waals surface area contributed by atoms with Gasteiger partial charge in [-0.1, -0.05) is 29.8 Å². The molecule has 0 amide bonds. The Balaban J connectivity index is 1.98. The summed E-state index contributed by atoms with van der Waals surface area (Å²) in [7, 11) is 0. The first-order valence-electron chi connectivity index (χ1n) is 6.49. The number of carbonyl (C=O) groups excluding carboxylic acids is 1. The minimum absolute atomic E-state index is 0.215. The van der Waals surface area contributed by atoms with Gasteiger partial charge in [0.15, 0.2) is 5.78 Å². The zero-order valence-electron chi connectivity index (χ0n) is 11.2. The monoisotopic (exact) mass is 340 g/mol. The van der Waals surface area contributed by atoms with Gasteiger partial charge in [0.1, 0.15) is 11.4 Å². The standard InChI is InChI=1S/C15H17BrO2S/c1-14(2)7-15(9-19-8-14)6-12(17)11-4-3-10(16)5-13(11)18-15/h3-5H,6-9H2,1-2H3. The first kappa shape index (κ1) is 13.5. The number of carbonyl (C=O) groups is 1. The summed E-state index contributed by atoms with van der Waals surface area (Å²) in [4.78, 5) is 12.4. The molecule has 1 fully saturated rings. The van der Waals surface area contributed by atoms with Crippen LogP contribution in [0.25, 0.3) is 0 Å². The number of benzene rings is 1. The molecule has 2 aliphatic rings. The second-order valence-electron chi connectivity index (χ2n) is 6.36. The molecule has 0 N–H and O–H groups in total. The van der Waals surface area contributed by atoms with Crippen molar-refractivity contribution in [2.24, 2.45) is 5.41 Å². The van der Waals surface area contributed by atoms with E-state index in [1.54, 1.807) is 0 Å². The molecule has 0 bridgehead atoms. The van der Waals surface area contributed by atoms with Crippen LogP contribution < -0.4 is 4.74 Å². The van der Waals surface area contributed by atoms with Gasteiger partial charge in [0.05, 0.1) is 12.0 Å². The molecule has 2 heterocycles. The highest BCUT2D eigenvalue weighted by atomic mass is 79.9. The number of Topliss-reactive ketones (excluding diaryl/α,β-unsaturated/α-hetero) is 1. The van der Waals surface area contributed by atoms with E-state index < -0.39 is 0 Å². The summed E-state index contributed by atoms with van der Waals surface area (Å²) in [6, 6.07) is 5.67. The van der Waals surface area contributed by atoms with E-state index in [-0.39, 0.29) is 16.8 Å². The van der Waals surface area contributed by atoms with E-state index in [9.17, 15) is 4.79 Å². The number of rotatable bonds is 0. The topological polar surface area (TPSA) is 26.3 Å². The fourth-order valence-electron chi connectivity index (χ4n) is 3.13. The van der Waals surface area contributed by atoms with Gasteiger partial charge in [0, 0.05) is 10.2 Å². The molecule has 0 aromatic heterocycles. The molecular weight excluding hydrogens is 324 g/mol. The first-order valence-corrected chi connectivity index (χ1v) is 8.44. The second-order valence-corrected chi connectivity index (χ2v) is 8.26. The maximum atomic E-state index is 12.4. The molecule has 3 rings (SSSR count). The number of ketones is 1. The summed E-state index contributed by atoms with van der Waals surface area (Å²) in [6.45, 7) is 4.51. The smallest absolute Gasteiger partial charge is 0.170 e. The van der Waals surface area contributed by atoms with Gasteiger partial charge >= 0.3 is 0 Å². The molecule has 0 saturated carbocycles. The first-order chi connectivity index (χ1) is 8.89. The summed E-state index contributed by atoms with van der Waals surface area (Å²) < 4.78 is 7.23. The van der Waals surface area contributed by atoms with Crippen LogP contribution in [0.5, 0.6) is 5.75 Å². The van der Waals surface area contributed by atoms with E-state index in [1.807, 2.05) is 30.0 Å². The summed E-state index contributed by atoms with van der Waals surface area (Å²) in [5, 5.41) is 0. The van der Waals surface area contributed by atoms with Gasteiger partial charge < -0.3 is 4.74 Å². The lowest BCUT2D eigenvalue weighted by molar-refractivity contribution is 0.0256. The lowest BCUT2D eigenvalue weighted by Crippen LogP contribution is -2.50. The molecule has 4 heteroatoms. The number of ether oxygens (including phenoxy) is 1. The Hall–Kier alpha value is -0.480. The molecule has 1 aromatic carbocycles. The molecule has 1 spiro atoms. The van der Waals surface area contributed by atoms with E-state index >= 15 is 0 Å². The maximum Gasteiger partial charge on any atom is 0.170 e. The van der Waals surface area contributed by atoms with Crippen molar-refractivity contribution in [1.29, 1.82) is 0 Å². The number of hydrogen-bond donors (Lipinski definition) is 0. The number of thioether (sulfide) groups is 1. The van der Waals surface area contributed by atoms with Gasteiger partial charge in [0.2, 0.25) is 0 Å². The quantitative estimate of drug-likeness (QED) is 0.703. The molecule has 1 unspecified atom stereocenters. The van der Waals surface area contributed by atoms with Crippen molar-refractivity contribution in [2.45, 2.75) is 32.3 Å². The van der Waals surface area contributed by atoms with Crippen molar-refractivity contribution < 1.29 is 9.53 Å². The lowest BCUT2D eigenvalue weighted by atomic mass is 9.77. The molecule has 1 aromatic rings. The average Bonchev–Trinajstić information content (AvgIpc) is 2.25. The van der Waals surface area contributed by atoms with Crippen molar-refractivity contribution in [3.63, 3.8) is 0 Å². The van der Waals surface area contributed by atoms with Crippen LogP contribution in [-0.4, -0.2) is 22.9 Å². The van der Waals surface area contributed by atoms with Crippen molar-refractivity contribution in [3.05, 3.63) is 28.2 Å². The van der Waals surface area contributed by atoms with Crippen molar-refractivity contribution >= 4 is 33.5 Å². The number of halogens is 1. The minimum Gasteiger partial charge on any atom is -0.485 e. The van der Waals surface area contributed by atoms with Crippen LogP contribution in [0.2, 0.25) is 0 Å². The highest BCUT2D eigenvalue weighted by Crippen LogP contribution is 2.46. The average molecular weight is 341 g/mol. The van der Waals surface area contributed by atoms with Gasteiger partial charge in [-0.05, 0) is 35.8 Å². The Kier molecular flexibility index (Phi) is 3.21. The van der Waals surface area contributed by atoms with Crippen molar-refractivity contribution in [1.82, 2.24) is 0 Å². The predicted octanol–water partition coefficient (Wildman–Crippen LogP) is 4.32. The van der Waals surface area contributed by atoms with Crippen LogP contribution in [0, 0.1) is 5.41 Å². The second kappa shape index (κ2) is 4.52. The van der Waals surface area contributed by atoms with E-state index in [1.165, 1.54) is 0 Å². The minimum atomic E-state index is -0.308. The third-order valence-corrected chi connectivity index (χ3v) is 5.92. The third kappa shape index (κ3) is 2.57. The van der Waals surface area contributed by atoms with E-state index in [0.29, 0.717) is 6.42 Å². The summed E-state index contributed by atoms with van der Waals surface area (Å²) >= 11 is 5.35. The molecule has 102 valence electrons. The van der Waals surface area contributed by atoms with Crippen LogP contribution in [0.3, 0.4) is 0 Å². The zero-order chi connectivity index (χ0) is 13.7. The molecule has 0 aliphatic carbocycles. The Morgan fingerprint density at radius 1 is 1.32 bits per heavy atom. The molecular formula is C15H17BrO2S. The lowest BCUT2D eigenvalue weighted by Gasteiger charge is -2.46. The Labute approximate surface area is 126 Å². The maximum absolute atomic E-state index is 12.4. The van der Waals surface area contributed by atoms with E-state index in [2.05, 4.69) is 29.8 Å². The Morgan fingerprint density at radius 2 is 2.11 bits per heavy atom. The van der Waals surface area contributed by atoms with Crippen LogP contribution in [0.1, 0.15) is 37.0 Å². The SMILES string of the molecule is CC1(C)CSCC2(CC(=O)c3ccc(Br)cc3O2)C1. The fourth-order valence-corrected chi connectivity index (χ4v) is 4.87. The van der Waals surface area contributed by atoms with E-state index in [0.717, 1.165) is 33.7 Å². The molecule has 2 nitrogen and oxygen atoms in total. The highest BCUT2D eigenvalue weighted by Gasteiger charge is 2.46. The highest BCUT2D eigenvalue weighted by molar-refractivity contribution is 9.10. The number of fused-ring (bicyclic) bond motifs is 1. The Morgan fingerprint density at radius 3 is 2.84 bits per heavy atom. The third-order valence-electron chi connectivity index (χ3n) is 3.71. The van der Waals surface area contributed by atoms with Crippen LogP contribution in [0.15, 0.2) is 22.7 Å². The molecule has 19 heavy (non-hydrogen) atoms. The van der Waals surface area contributed by atoms with Crippen LogP contribution >= 0.6 is 27.7 Å². The van der Waals surface area contributed by atoms with Crippen molar-refractivity contribution in [2.75, 3.05) is 11.5 Å². The largest absolute Gasteiger partial charge is 0.485 e. The van der Waals surface area contributed by atoms with Gasteiger partial charge in [-0.15, -0.1) is 0 Å². The molecule has 1 saturated heterocycles. The van der Waals surface area contributed by atoms with Gasteiger partial charge in [-0.2, -0.15) is 11.8 Å². The van der Waals surface area contributed by atoms with Crippen LogP contribution in [-0.2, 0) is 0 Å². The van der Waals surface area contributed by atoms with Gasteiger partial charge in [0.25, 0.3) is 0 Å². The zero-order valence-corrected chi connectivity index (χ0v) is 13.6. The molecule has 0 radical (unpaired) electrons. The summed E-state index contributed by atoms with van der Waals surface area (Å²) in [5.41, 5.74) is 0.645. The Bertz CT molecular complexity index is 541. The van der Waals surface area contributed by atoms with E-state index in [4.69, 9.17) is 4.74 Å². The van der Waals surface area contributed by atoms with Gasteiger partial charge in [-0.3, -0.25) is 4.79 Å². The summed E-state index contributed by atoms with van der Waals surface area (Å²) in [6.07, 6.45) is 1.46. The summed E-state index contributed by atoms with van der Waals surface area (Å²) in [5.74, 6) is 3.00. The predicted molar refractivity (Wildman–Crippen MR) is 82.2 cm³/mol. The van der Waals surface area contributed by atoms with Crippen LogP contribution in [0.4, 0.5) is 0 Å².